The summed E-state index contributed by atoms with van der Waals surface area (Å²) in [4.78, 5) is 13.1. The molecule has 1 aromatic carbocycles. The van der Waals surface area contributed by atoms with E-state index in [-0.39, 0.29) is 12.4 Å². The number of aromatic carboxylic acids is 1. The minimum absolute atomic E-state index is 0.0372. The second kappa shape index (κ2) is 6.54. The van der Waals surface area contributed by atoms with Crippen LogP contribution < -0.4 is 0 Å². The van der Waals surface area contributed by atoms with Gasteiger partial charge in [-0.1, -0.05) is 13.0 Å². The lowest BCUT2D eigenvalue weighted by atomic mass is 10.1. The number of carboxylic acid groups (broad SMARTS) is 1. The zero-order valence-corrected chi connectivity index (χ0v) is 11.5. The zero-order chi connectivity index (χ0) is 14.5. The van der Waals surface area contributed by atoms with E-state index in [4.69, 9.17) is 14.6 Å². The molecule has 0 aliphatic heterocycles. The van der Waals surface area contributed by atoms with E-state index in [9.17, 15) is 4.79 Å². The van der Waals surface area contributed by atoms with Gasteiger partial charge in [-0.25, -0.2) is 4.79 Å². The molecule has 0 amide bonds. The van der Waals surface area contributed by atoms with Gasteiger partial charge in [0.2, 0.25) is 5.76 Å². The van der Waals surface area contributed by atoms with Gasteiger partial charge in [0.1, 0.15) is 5.58 Å². The first-order chi connectivity index (χ1) is 9.63. The van der Waals surface area contributed by atoms with Gasteiger partial charge in [0.15, 0.2) is 0 Å². The molecule has 0 unspecified atom stereocenters. The van der Waals surface area contributed by atoms with Crippen LogP contribution >= 0.6 is 0 Å². The molecule has 5 heteroatoms. The van der Waals surface area contributed by atoms with Gasteiger partial charge in [-0.15, -0.1) is 0 Å². The van der Waals surface area contributed by atoms with Gasteiger partial charge in [0.05, 0.1) is 0 Å². The quantitative estimate of drug-likeness (QED) is 0.812. The summed E-state index contributed by atoms with van der Waals surface area (Å²) in [5.41, 5.74) is 1.69. The van der Waals surface area contributed by atoms with Crippen molar-refractivity contribution >= 4 is 16.9 Å². The number of fused-ring (bicyclic) bond motifs is 1. The van der Waals surface area contributed by atoms with Gasteiger partial charge in [0, 0.05) is 25.1 Å². The Balaban J connectivity index is 2.16. The van der Waals surface area contributed by atoms with Crippen molar-refractivity contribution in [2.75, 3.05) is 19.7 Å². The molecule has 0 saturated carbocycles. The molecule has 1 aromatic heterocycles. The lowest BCUT2D eigenvalue weighted by Crippen LogP contribution is -2.24. The number of rotatable bonds is 7. The average Bonchev–Trinajstić information content (AvgIpc) is 2.86. The summed E-state index contributed by atoms with van der Waals surface area (Å²) in [6.45, 7) is 4.80. The molecule has 0 aliphatic rings. The Morgan fingerprint density at radius 3 is 2.80 bits per heavy atom. The summed E-state index contributed by atoms with van der Waals surface area (Å²) >= 11 is 0. The molecule has 0 radical (unpaired) electrons. The van der Waals surface area contributed by atoms with Gasteiger partial charge < -0.3 is 14.6 Å². The van der Waals surface area contributed by atoms with Gasteiger partial charge >= 0.3 is 5.97 Å². The first kappa shape index (κ1) is 14.6. The molecular formula is C15H19NO4. The van der Waals surface area contributed by atoms with E-state index in [1.807, 2.05) is 12.1 Å². The monoisotopic (exact) mass is 277 g/mol. The standard InChI is InChI=1S/C15H19NO4/c1-2-16(6-3-7-17)10-11-4-5-13-12(8-11)9-14(20-13)15(18)19/h4-5,8-9,17H,2-3,6-7,10H2,1H3,(H,18,19). The number of furan rings is 1. The van der Waals surface area contributed by atoms with Crippen LogP contribution in [0.1, 0.15) is 29.5 Å². The van der Waals surface area contributed by atoms with Crippen molar-refractivity contribution in [2.45, 2.75) is 19.9 Å². The van der Waals surface area contributed by atoms with Gasteiger partial charge in [0.25, 0.3) is 0 Å². The Bertz CT molecular complexity index is 591. The number of aliphatic hydroxyl groups is 1. The summed E-state index contributed by atoms with van der Waals surface area (Å²) in [6.07, 6.45) is 0.755. The summed E-state index contributed by atoms with van der Waals surface area (Å²) in [5.74, 6) is -1.09. The molecule has 5 nitrogen and oxygen atoms in total. The zero-order valence-electron chi connectivity index (χ0n) is 11.5. The van der Waals surface area contributed by atoms with E-state index in [0.29, 0.717) is 5.58 Å². The van der Waals surface area contributed by atoms with Crippen LogP contribution in [0.2, 0.25) is 0 Å². The molecule has 1 heterocycles. The fraction of sp³-hybridized carbons (Fsp3) is 0.400. The van der Waals surface area contributed by atoms with Gasteiger partial charge in [-0.2, -0.15) is 0 Å². The molecule has 20 heavy (non-hydrogen) atoms. The molecule has 0 atom stereocenters. The first-order valence-corrected chi connectivity index (χ1v) is 6.73. The van der Waals surface area contributed by atoms with Crippen molar-refractivity contribution in [1.29, 1.82) is 0 Å². The number of benzene rings is 1. The minimum atomic E-state index is -1.05. The minimum Gasteiger partial charge on any atom is -0.475 e. The molecule has 2 rings (SSSR count). The fourth-order valence-electron chi connectivity index (χ4n) is 2.20. The molecule has 108 valence electrons. The van der Waals surface area contributed by atoms with E-state index in [1.54, 1.807) is 12.1 Å². The van der Waals surface area contributed by atoms with Gasteiger partial charge in [-0.05, 0) is 36.7 Å². The highest BCUT2D eigenvalue weighted by Gasteiger charge is 2.11. The summed E-state index contributed by atoms with van der Waals surface area (Å²) < 4.78 is 5.23. The van der Waals surface area contributed by atoms with Crippen molar-refractivity contribution in [3.8, 4) is 0 Å². The lowest BCUT2D eigenvalue weighted by molar-refractivity contribution is 0.0665. The van der Waals surface area contributed by atoms with Crippen LogP contribution in [0.15, 0.2) is 28.7 Å². The van der Waals surface area contributed by atoms with Crippen LogP contribution in [0.3, 0.4) is 0 Å². The molecular weight excluding hydrogens is 258 g/mol. The molecule has 0 fully saturated rings. The molecule has 2 N–H and O–H groups in total. The first-order valence-electron chi connectivity index (χ1n) is 6.73. The molecule has 0 aliphatic carbocycles. The third-order valence-electron chi connectivity index (χ3n) is 3.28. The smallest absolute Gasteiger partial charge is 0.371 e. The number of carbonyl (C=O) groups is 1. The Labute approximate surface area is 117 Å². The Morgan fingerprint density at radius 1 is 1.35 bits per heavy atom. The van der Waals surface area contributed by atoms with Crippen LogP contribution in [0.4, 0.5) is 0 Å². The Kier molecular flexibility index (Phi) is 4.76. The Hall–Kier alpha value is -1.85. The Morgan fingerprint density at radius 2 is 2.15 bits per heavy atom. The van der Waals surface area contributed by atoms with E-state index >= 15 is 0 Å². The SMILES string of the molecule is CCN(CCCO)Cc1ccc2oc(C(=O)O)cc2c1. The van der Waals surface area contributed by atoms with Crippen LogP contribution in [0.25, 0.3) is 11.0 Å². The van der Waals surface area contributed by atoms with Gasteiger partial charge in [-0.3, -0.25) is 4.90 Å². The lowest BCUT2D eigenvalue weighted by Gasteiger charge is -2.19. The van der Waals surface area contributed by atoms with Crippen LogP contribution in [-0.4, -0.2) is 40.8 Å². The maximum Gasteiger partial charge on any atom is 0.371 e. The predicted octanol–water partition coefficient (Wildman–Crippen LogP) is 2.34. The van der Waals surface area contributed by atoms with E-state index in [1.165, 1.54) is 0 Å². The number of aliphatic hydroxyl groups excluding tert-OH is 1. The van der Waals surface area contributed by atoms with Crippen LogP contribution in [0.5, 0.6) is 0 Å². The number of nitrogens with zero attached hydrogens (tertiary/aromatic N) is 1. The second-order valence-electron chi connectivity index (χ2n) is 4.73. The maximum absolute atomic E-state index is 10.9. The second-order valence-corrected chi connectivity index (χ2v) is 4.73. The maximum atomic E-state index is 10.9. The van der Waals surface area contributed by atoms with Crippen molar-refractivity contribution in [2.24, 2.45) is 0 Å². The fourth-order valence-corrected chi connectivity index (χ4v) is 2.20. The molecule has 2 aromatic rings. The highest BCUT2D eigenvalue weighted by Crippen LogP contribution is 2.21. The van der Waals surface area contributed by atoms with Crippen LogP contribution in [0, 0.1) is 0 Å². The third kappa shape index (κ3) is 3.37. The van der Waals surface area contributed by atoms with Crippen molar-refractivity contribution < 1.29 is 19.4 Å². The van der Waals surface area contributed by atoms with Crippen LogP contribution in [-0.2, 0) is 6.54 Å². The number of hydrogen-bond donors (Lipinski definition) is 2. The van der Waals surface area contributed by atoms with Crippen molar-refractivity contribution in [3.63, 3.8) is 0 Å². The summed E-state index contributed by atoms with van der Waals surface area (Å²) in [6, 6.07) is 7.24. The van der Waals surface area contributed by atoms with E-state index in [2.05, 4.69) is 11.8 Å². The average molecular weight is 277 g/mol. The highest BCUT2D eigenvalue weighted by atomic mass is 16.4. The molecule has 0 bridgehead atoms. The predicted molar refractivity (Wildman–Crippen MR) is 75.8 cm³/mol. The largest absolute Gasteiger partial charge is 0.475 e. The van der Waals surface area contributed by atoms with E-state index < -0.39 is 5.97 Å². The van der Waals surface area contributed by atoms with E-state index in [0.717, 1.165) is 37.0 Å². The highest BCUT2D eigenvalue weighted by molar-refractivity contribution is 5.91. The number of carboxylic acids is 1. The van der Waals surface area contributed by atoms with Crippen molar-refractivity contribution in [3.05, 3.63) is 35.6 Å². The topological polar surface area (TPSA) is 73.9 Å². The number of hydrogen-bond acceptors (Lipinski definition) is 4. The van der Waals surface area contributed by atoms with Crippen molar-refractivity contribution in [1.82, 2.24) is 4.90 Å². The third-order valence-corrected chi connectivity index (χ3v) is 3.28. The normalized spacial score (nSPS) is 11.3. The summed E-state index contributed by atoms with van der Waals surface area (Å²) in [5, 5.41) is 18.6. The summed E-state index contributed by atoms with van der Waals surface area (Å²) in [7, 11) is 0. The molecule has 0 saturated heterocycles. The molecule has 0 spiro atoms.